The van der Waals surface area contributed by atoms with Gasteiger partial charge in [-0.05, 0) is 19.1 Å². The smallest absolute Gasteiger partial charge is 0.375 e. The summed E-state index contributed by atoms with van der Waals surface area (Å²) in [7, 11) is -4.40. The van der Waals surface area contributed by atoms with E-state index in [4.69, 9.17) is 9.79 Å². The van der Waals surface area contributed by atoms with Crippen LogP contribution in [0.5, 0.6) is 0 Å². The standard InChI is InChI=1S/C7H9O6P/c1-5(14(9,10)11)13-7(8)6-3-2-4-12-6/h2-5H,1H3,(H2,9,10,11). The van der Waals surface area contributed by atoms with Crippen LogP contribution in [0.15, 0.2) is 22.8 Å². The molecule has 0 aromatic carbocycles. The third-order valence-corrected chi connectivity index (χ3v) is 2.53. The van der Waals surface area contributed by atoms with Crippen molar-refractivity contribution in [2.75, 3.05) is 0 Å². The highest BCUT2D eigenvalue weighted by molar-refractivity contribution is 7.52. The van der Waals surface area contributed by atoms with Crippen LogP contribution in [-0.2, 0) is 9.30 Å². The number of rotatable bonds is 3. The molecule has 1 atom stereocenters. The number of esters is 1. The minimum absolute atomic E-state index is 0.0923. The molecular formula is C7H9O6P. The highest BCUT2D eigenvalue weighted by atomic mass is 31.2. The lowest BCUT2D eigenvalue weighted by atomic mass is 10.5. The Kier molecular flexibility index (Phi) is 3.10. The second-order valence-electron chi connectivity index (χ2n) is 2.57. The van der Waals surface area contributed by atoms with Crippen molar-refractivity contribution in [3.63, 3.8) is 0 Å². The van der Waals surface area contributed by atoms with Crippen LogP contribution in [-0.4, -0.2) is 21.6 Å². The quantitative estimate of drug-likeness (QED) is 0.581. The monoisotopic (exact) mass is 220 g/mol. The fourth-order valence-corrected chi connectivity index (χ4v) is 0.909. The van der Waals surface area contributed by atoms with E-state index >= 15 is 0 Å². The highest BCUT2D eigenvalue weighted by Crippen LogP contribution is 2.41. The molecule has 14 heavy (non-hydrogen) atoms. The Morgan fingerprint density at radius 3 is 2.71 bits per heavy atom. The third kappa shape index (κ3) is 2.70. The zero-order valence-corrected chi connectivity index (χ0v) is 8.18. The SMILES string of the molecule is CC(OC(=O)c1ccco1)P(=O)(O)O. The average Bonchev–Trinajstić information content (AvgIpc) is 2.53. The zero-order valence-electron chi connectivity index (χ0n) is 7.28. The predicted octanol–water partition coefficient (Wildman–Crippen LogP) is 0.960. The summed E-state index contributed by atoms with van der Waals surface area (Å²) >= 11 is 0. The first-order chi connectivity index (χ1) is 6.41. The molecule has 0 aliphatic heterocycles. The van der Waals surface area contributed by atoms with Crippen LogP contribution >= 0.6 is 7.60 Å². The van der Waals surface area contributed by atoms with Crippen molar-refractivity contribution in [2.45, 2.75) is 12.8 Å². The first kappa shape index (κ1) is 11.0. The maximum Gasteiger partial charge on any atom is 0.375 e. The van der Waals surface area contributed by atoms with Gasteiger partial charge in [-0.2, -0.15) is 0 Å². The summed E-state index contributed by atoms with van der Waals surface area (Å²) in [6.45, 7) is 1.11. The Bertz CT molecular complexity index is 350. The molecular weight excluding hydrogens is 211 g/mol. The summed E-state index contributed by atoms with van der Waals surface area (Å²) in [6, 6.07) is 2.81. The average molecular weight is 220 g/mol. The molecule has 1 heterocycles. The van der Waals surface area contributed by atoms with Gasteiger partial charge in [0, 0.05) is 0 Å². The summed E-state index contributed by atoms with van der Waals surface area (Å²) in [5.74, 6) is -2.46. The number of furan rings is 1. The van der Waals surface area contributed by atoms with Gasteiger partial charge in [-0.1, -0.05) is 0 Å². The van der Waals surface area contributed by atoms with E-state index in [9.17, 15) is 9.36 Å². The molecule has 0 fully saturated rings. The second kappa shape index (κ2) is 3.96. The maximum absolute atomic E-state index is 11.1. The lowest BCUT2D eigenvalue weighted by molar-refractivity contribution is 0.0393. The largest absolute Gasteiger partial charge is 0.457 e. The molecule has 0 bridgehead atoms. The topological polar surface area (TPSA) is 97.0 Å². The summed E-state index contributed by atoms with van der Waals surface area (Å²) in [6.07, 6.45) is 1.26. The van der Waals surface area contributed by atoms with Gasteiger partial charge >= 0.3 is 13.6 Å². The second-order valence-corrected chi connectivity index (χ2v) is 4.48. The van der Waals surface area contributed by atoms with E-state index in [1.807, 2.05) is 0 Å². The van der Waals surface area contributed by atoms with Crippen molar-refractivity contribution in [3.05, 3.63) is 24.2 Å². The molecule has 0 aliphatic rings. The molecule has 1 unspecified atom stereocenters. The maximum atomic E-state index is 11.1. The van der Waals surface area contributed by atoms with Gasteiger partial charge in [0.05, 0.1) is 6.26 Å². The number of hydrogen-bond donors (Lipinski definition) is 2. The van der Waals surface area contributed by atoms with Crippen molar-refractivity contribution in [2.24, 2.45) is 0 Å². The van der Waals surface area contributed by atoms with Gasteiger partial charge in [0.15, 0.2) is 5.85 Å². The molecule has 6 nitrogen and oxygen atoms in total. The van der Waals surface area contributed by atoms with E-state index in [1.165, 1.54) is 18.4 Å². The molecule has 0 spiro atoms. The minimum atomic E-state index is -4.40. The fourth-order valence-electron chi connectivity index (χ4n) is 0.676. The lowest BCUT2D eigenvalue weighted by Gasteiger charge is -2.12. The molecule has 0 saturated heterocycles. The van der Waals surface area contributed by atoms with Gasteiger partial charge in [-0.25, -0.2) is 4.79 Å². The van der Waals surface area contributed by atoms with Crippen molar-refractivity contribution in [1.29, 1.82) is 0 Å². The van der Waals surface area contributed by atoms with Crippen molar-refractivity contribution >= 4 is 13.6 Å². The van der Waals surface area contributed by atoms with Gasteiger partial charge < -0.3 is 18.9 Å². The molecule has 0 amide bonds. The zero-order chi connectivity index (χ0) is 10.8. The summed E-state index contributed by atoms with van der Waals surface area (Å²) in [4.78, 5) is 28.4. The van der Waals surface area contributed by atoms with Crippen LogP contribution in [0, 0.1) is 0 Å². The van der Waals surface area contributed by atoms with Crippen LogP contribution in [0.2, 0.25) is 0 Å². The summed E-state index contributed by atoms with van der Waals surface area (Å²) in [5, 5.41) is 0. The molecule has 0 aliphatic carbocycles. The molecule has 1 aromatic heterocycles. The van der Waals surface area contributed by atoms with E-state index in [1.54, 1.807) is 0 Å². The first-order valence-electron chi connectivity index (χ1n) is 3.71. The van der Waals surface area contributed by atoms with Crippen LogP contribution in [0.1, 0.15) is 17.5 Å². The molecule has 78 valence electrons. The fraction of sp³-hybridized carbons (Fsp3) is 0.286. The Labute approximate surface area is 79.6 Å². The van der Waals surface area contributed by atoms with Gasteiger partial charge in [0.25, 0.3) is 0 Å². The number of hydrogen-bond acceptors (Lipinski definition) is 4. The van der Waals surface area contributed by atoms with Gasteiger partial charge in [-0.15, -0.1) is 0 Å². The normalized spacial score (nSPS) is 13.6. The Morgan fingerprint density at radius 2 is 2.29 bits per heavy atom. The Balaban J connectivity index is 2.63. The summed E-state index contributed by atoms with van der Waals surface area (Å²) in [5.41, 5.74) is 0. The van der Waals surface area contributed by atoms with Crippen molar-refractivity contribution < 1.29 is 28.3 Å². The van der Waals surface area contributed by atoms with Crippen LogP contribution in [0.3, 0.4) is 0 Å². The van der Waals surface area contributed by atoms with Gasteiger partial charge in [0.1, 0.15) is 0 Å². The summed E-state index contributed by atoms with van der Waals surface area (Å²) < 4.78 is 19.8. The number of ether oxygens (including phenoxy) is 1. The van der Waals surface area contributed by atoms with E-state index in [0.717, 1.165) is 6.92 Å². The van der Waals surface area contributed by atoms with Crippen LogP contribution < -0.4 is 0 Å². The number of carbonyl (C=O) groups is 1. The molecule has 0 radical (unpaired) electrons. The Morgan fingerprint density at radius 1 is 1.64 bits per heavy atom. The molecule has 7 heteroatoms. The van der Waals surface area contributed by atoms with Crippen LogP contribution in [0.4, 0.5) is 0 Å². The highest BCUT2D eigenvalue weighted by Gasteiger charge is 2.28. The van der Waals surface area contributed by atoms with E-state index in [-0.39, 0.29) is 5.76 Å². The van der Waals surface area contributed by atoms with Gasteiger partial charge in [0.2, 0.25) is 5.76 Å². The predicted molar refractivity (Wildman–Crippen MR) is 45.6 cm³/mol. The molecule has 1 aromatic rings. The molecule has 2 N–H and O–H groups in total. The van der Waals surface area contributed by atoms with Crippen molar-refractivity contribution in [3.8, 4) is 0 Å². The van der Waals surface area contributed by atoms with Gasteiger partial charge in [-0.3, -0.25) is 4.57 Å². The lowest BCUT2D eigenvalue weighted by Crippen LogP contribution is -2.14. The van der Waals surface area contributed by atoms with Crippen LogP contribution in [0.25, 0.3) is 0 Å². The van der Waals surface area contributed by atoms with E-state index < -0.39 is 19.4 Å². The van der Waals surface area contributed by atoms with E-state index in [0.29, 0.717) is 0 Å². The number of carbonyl (C=O) groups excluding carboxylic acids is 1. The molecule has 0 saturated carbocycles. The third-order valence-electron chi connectivity index (χ3n) is 1.47. The molecule has 1 rings (SSSR count). The Hall–Kier alpha value is -1.10. The first-order valence-corrected chi connectivity index (χ1v) is 5.39. The van der Waals surface area contributed by atoms with Crippen molar-refractivity contribution in [1.82, 2.24) is 0 Å². The minimum Gasteiger partial charge on any atom is -0.457 e. The van der Waals surface area contributed by atoms with E-state index in [2.05, 4.69) is 9.15 Å².